The topological polar surface area (TPSA) is 55.3 Å². The van der Waals surface area contributed by atoms with Gasteiger partial charge in [0, 0.05) is 23.4 Å². The Morgan fingerprint density at radius 1 is 1.40 bits per heavy atom. The molecule has 3 heterocycles. The highest BCUT2D eigenvalue weighted by Gasteiger charge is 2.29. The SMILES string of the molecule is CCc1cc2c(SC(C)C(=O)N3CC(C)OC(C)C3)nc(C)nc2s1. The molecule has 1 aliphatic rings. The molecule has 0 saturated carbocycles. The summed E-state index contributed by atoms with van der Waals surface area (Å²) in [5.74, 6) is 0.912. The maximum Gasteiger partial charge on any atom is 0.236 e. The van der Waals surface area contributed by atoms with Gasteiger partial charge >= 0.3 is 0 Å². The van der Waals surface area contributed by atoms with E-state index in [2.05, 4.69) is 23.0 Å². The molecule has 0 spiro atoms. The average molecular weight is 380 g/mol. The minimum absolute atomic E-state index is 0.0851. The third-order valence-corrected chi connectivity index (χ3v) is 6.50. The van der Waals surface area contributed by atoms with Crippen molar-refractivity contribution >= 4 is 39.2 Å². The van der Waals surface area contributed by atoms with Crippen LogP contribution in [0.25, 0.3) is 10.2 Å². The maximum absolute atomic E-state index is 12.9. The zero-order valence-electron chi connectivity index (χ0n) is 15.4. The van der Waals surface area contributed by atoms with Crippen molar-refractivity contribution in [2.45, 2.75) is 63.5 Å². The monoisotopic (exact) mass is 379 g/mol. The molecule has 2 aromatic rings. The molecule has 0 bridgehead atoms. The van der Waals surface area contributed by atoms with Gasteiger partial charge < -0.3 is 9.64 Å². The molecule has 0 radical (unpaired) electrons. The fourth-order valence-corrected chi connectivity index (χ4v) is 5.27. The van der Waals surface area contributed by atoms with Gasteiger partial charge in [0.15, 0.2) is 0 Å². The van der Waals surface area contributed by atoms with Crippen LogP contribution in [0.15, 0.2) is 11.1 Å². The second-order valence-electron chi connectivity index (χ2n) is 6.62. The number of fused-ring (bicyclic) bond motifs is 1. The number of thiophene rings is 1. The maximum atomic E-state index is 12.9. The van der Waals surface area contributed by atoms with Gasteiger partial charge in [-0.3, -0.25) is 4.79 Å². The Morgan fingerprint density at radius 2 is 2.08 bits per heavy atom. The molecular weight excluding hydrogens is 354 g/mol. The van der Waals surface area contributed by atoms with Crippen LogP contribution >= 0.6 is 23.1 Å². The van der Waals surface area contributed by atoms with Crippen LogP contribution in [0, 0.1) is 6.92 Å². The number of rotatable bonds is 4. The number of amides is 1. The van der Waals surface area contributed by atoms with Crippen LogP contribution in [0.3, 0.4) is 0 Å². The van der Waals surface area contributed by atoms with E-state index in [1.165, 1.54) is 16.6 Å². The fourth-order valence-electron chi connectivity index (χ4n) is 3.14. The molecule has 1 fully saturated rings. The van der Waals surface area contributed by atoms with Crippen molar-refractivity contribution in [1.29, 1.82) is 0 Å². The van der Waals surface area contributed by atoms with Crippen molar-refractivity contribution in [3.05, 3.63) is 16.8 Å². The Labute approximate surface area is 157 Å². The molecule has 136 valence electrons. The van der Waals surface area contributed by atoms with E-state index in [-0.39, 0.29) is 23.4 Å². The first-order chi connectivity index (χ1) is 11.9. The predicted molar refractivity (Wildman–Crippen MR) is 103 cm³/mol. The quantitative estimate of drug-likeness (QED) is 0.599. The summed E-state index contributed by atoms with van der Waals surface area (Å²) in [6, 6.07) is 2.16. The molecule has 0 aromatic carbocycles. The highest BCUT2D eigenvalue weighted by atomic mass is 32.2. The van der Waals surface area contributed by atoms with E-state index in [0.717, 1.165) is 27.5 Å². The number of hydrogen-bond donors (Lipinski definition) is 0. The second-order valence-corrected chi connectivity index (χ2v) is 9.07. The van der Waals surface area contributed by atoms with E-state index < -0.39 is 0 Å². The van der Waals surface area contributed by atoms with Gasteiger partial charge in [-0.15, -0.1) is 11.3 Å². The molecule has 3 atom stereocenters. The van der Waals surface area contributed by atoms with Crippen molar-refractivity contribution in [2.75, 3.05) is 13.1 Å². The molecule has 7 heteroatoms. The van der Waals surface area contributed by atoms with E-state index in [4.69, 9.17) is 4.74 Å². The summed E-state index contributed by atoms with van der Waals surface area (Å²) in [5.41, 5.74) is 0. The fraction of sp³-hybridized carbons (Fsp3) is 0.611. The Bertz CT molecular complexity index is 767. The molecule has 5 nitrogen and oxygen atoms in total. The minimum Gasteiger partial charge on any atom is -0.372 e. The van der Waals surface area contributed by atoms with Crippen LogP contribution in [0.4, 0.5) is 0 Å². The van der Waals surface area contributed by atoms with E-state index in [1.807, 2.05) is 32.6 Å². The Balaban J connectivity index is 1.80. The third kappa shape index (κ3) is 4.15. The zero-order chi connectivity index (χ0) is 18.1. The number of morpholine rings is 1. The summed E-state index contributed by atoms with van der Waals surface area (Å²) in [4.78, 5) is 26.3. The highest BCUT2D eigenvalue weighted by Crippen LogP contribution is 2.34. The number of ether oxygens (including phenoxy) is 1. The second kappa shape index (κ2) is 7.60. The molecule has 3 rings (SSSR count). The largest absolute Gasteiger partial charge is 0.372 e. The van der Waals surface area contributed by atoms with Gasteiger partial charge in [0.1, 0.15) is 15.7 Å². The average Bonchev–Trinajstić information content (AvgIpc) is 2.96. The molecule has 1 saturated heterocycles. The molecule has 3 unspecified atom stereocenters. The van der Waals surface area contributed by atoms with Crippen LogP contribution in [-0.2, 0) is 16.0 Å². The number of carbonyl (C=O) groups is 1. The number of carbonyl (C=O) groups excluding carboxylic acids is 1. The molecule has 25 heavy (non-hydrogen) atoms. The van der Waals surface area contributed by atoms with Crippen molar-refractivity contribution in [1.82, 2.24) is 14.9 Å². The first-order valence-electron chi connectivity index (χ1n) is 8.75. The Morgan fingerprint density at radius 3 is 2.72 bits per heavy atom. The molecule has 0 N–H and O–H groups in total. The normalized spacial score (nSPS) is 22.4. The lowest BCUT2D eigenvalue weighted by atomic mass is 10.2. The minimum atomic E-state index is -0.181. The van der Waals surface area contributed by atoms with E-state index in [1.54, 1.807) is 11.3 Å². The Hall–Kier alpha value is -1.18. The molecule has 0 aliphatic carbocycles. The summed E-state index contributed by atoms with van der Waals surface area (Å²) in [7, 11) is 0. The van der Waals surface area contributed by atoms with Crippen molar-refractivity contribution in [3.8, 4) is 0 Å². The van der Waals surface area contributed by atoms with Crippen LogP contribution in [0.2, 0.25) is 0 Å². The Kier molecular flexibility index (Phi) is 5.65. The lowest BCUT2D eigenvalue weighted by Crippen LogP contribution is -2.50. The highest BCUT2D eigenvalue weighted by molar-refractivity contribution is 8.00. The van der Waals surface area contributed by atoms with Gasteiger partial charge in [-0.25, -0.2) is 9.97 Å². The lowest BCUT2D eigenvalue weighted by molar-refractivity contribution is -0.142. The summed E-state index contributed by atoms with van der Waals surface area (Å²) < 4.78 is 5.73. The first-order valence-corrected chi connectivity index (χ1v) is 10.4. The van der Waals surface area contributed by atoms with Gasteiger partial charge in [-0.2, -0.15) is 0 Å². The summed E-state index contributed by atoms with van der Waals surface area (Å²) >= 11 is 3.25. The van der Waals surface area contributed by atoms with Crippen LogP contribution in [-0.4, -0.2) is 51.3 Å². The van der Waals surface area contributed by atoms with Crippen LogP contribution in [0.5, 0.6) is 0 Å². The standard InChI is InChI=1S/C18H25N3O2S2/c1-6-14-7-15-16(19-13(5)20-17(15)25-14)24-12(4)18(22)21-8-10(2)23-11(3)9-21/h7,10-12H,6,8-9H2,1-5H3. The molecular formula is C18H25N3O2S2. The number of aryl methyl sites for hydroxylation is 2. The van der Waals surface area contributed by atoms with Crippen LogP contribution in [0.1, 0.15) is 38.4 Å². The molecule has 2 aromatic heterocycles. The van der Waals surface area contributed by atoms with E-state index in [9.17, 15) is 4.79 Å². The number of hydrogen-bond acceptors (Lipinski definition) is 6. The smallest absolute Gasteiger partial charge is 0.236 e. The van der Waals surface area contributed by atoms with Crippen molar-refractivity contribution in [3.63, 3.8) is 0 Å². The van der Waals surface area contributed by atoms with Crippen molar-refractivity contribution in [2.24, 2.45) is 0 Å². The van der Waals surface area contributed by atoms with Gasteiger partial charge in [-0.1, -0.05) is 18.7 Å². The lowest BCUT2D eigenvalue weighted by Gasteiger charge is -2.36. The molecule has 1 amide bonds. The van der Waals surface area contributed by atoms with E-state index in [0.29, 0.717) is 13.1 Å². The number of nitrogens with zero attached hydrogens (tertiary/aromatic N) is 3. The van der Waals surface area contributed by atoms with Gasteiger partial charge in [0.25, 0.3) is 0 Å². The number of aromatic nitrogens is 2. The van der Waals surface area contributed by atoms with Gasteiger partial charge in [0.2, 0.25) is 5.91 Å². The van der Waals surface area contributed by atoms with Gasteiger partial charge in [0.05, 0.1) is 17.5 Å². The molecule has 1 aliphatic heterocycles. The summed E-state index contributed by atoms with van der Waals surface area (Å²) in [5, 5.41) is 1.80. The first kappa shape index (κ1) is 18.6. The van der Waals surface area contributed by atoms with Crippen LogP contribution < -0.4 is 0 Å². The predicted octanol–water partition coefficient (Wildman–Crippen LogP) is 3.68. The van der Waals surface area contributed by atoms with Gasteiger partial charge in [-0.05, 0) is 40.2 Å². The zero-order valence-corrected chi connectivity index (χ0v) is 17.0. The summed E-state index contributed by atoms with van der Waals surface area (Å²) in [6.07, 6.45) is 1.16. The van der Waals surface area contributed by atoms with Crippen molar-refractivity contribution < 1.29 is 9.53 Å². The van der Waals surface area contributed by atoms with E-state index >= 15 is 0 Å². The third-order valence-electron chi connectivity index (χ3n) is 4.24. The number of thioether (sulfide) groups is 1. The summed E-state index contributed by atoms with van der Waals surface area (Å²) in [6.45, 7) is 11.4.